The second-order valence-electron chi connectivity index (χ2n) is 3.80. The van der Waals surface area contributed by atoms with Gasteiger partial charge in [0, 0.05) is 7.05 Å². The molecule has 1 atom stereocenters. The first-order valence-electron chi connectivity index (χ1n) is 4.84. The van der Waals surface area contributed by atoms with Crippen molar-refractivity contribution in [3.8, 4) is 0 Å². The number of ketones is 1. The average Bonchev–Trinajstić information content (AvgIpc) is 2.47. The summed E-state index contributed by atoms with van der Waals surface area (Å²) in [7, 11) is 1.69. The van der Waals surface area contributed by atoms with Crippen molar-refractivity contribution < 1.29 is 4.79 Å². The zero-order valence-electron chi connectivity index (χ0n) is 8.18. The molecule has 1 saturated carbocycles. The van der Waals surface area contributed by atoms with Crippen molar-refractivity contribution in [2.75, 3.05) is 0 Å². The molecule has 0 saturated heterocycles. The largest absolute Gasteiger partial charge is 0.321 e. The van der Waals surface area contributed by atoms with Crippen LogP contribution in [0.15, 0.2) is 6.20 Å². The molecule has 0 radical (unpaired) electrons. The molecule has 0 bridgehead atoms. The van der Waals surface area contributed by atoms with Gasteiger partial charge in [0.05, 0.1) is 12.2 Å². The van der Waals surface area contributed by atoms with Crippen LogP contribution in [0.3, 0.4) is 0 Å². The summed E-state index contributed by atoms with van der Waals surface area (Å²) < 4.78 is 0. The molecule has 2 N–H and O–H groups in total. The van der Waals surface area contributed by atoms with Crippen LogP contribution in [0.25, 0.3) is 0 Å². The number of carbonyl (C=O) groups excluding carboxylic acids is 1. The van der Waals surface area contributed by atoms with Gasteiger partial charge in [0.1, 0.15) is 5.69 Å². The lowest BCUT2D eigenvalue weighted by Gasteiger charge is -2.29. The molecule has 1 aliphatic rings. The summed E-state index contributed by atoms with van der Waals surface area (Å²) in [4.78, 5) is 13.1. The first-order chi connectivity index (χ1) is 6.68. The second kappa shape index (κ2) is 3.49. The van der Waals surface area contributed by atoms with E-state index in [9.17, 15) is 4.79 Å². The highest BCUT2D eigenvalue weighted by atomic mass is 16.1. The predicted molar refractivity (Wildman–Crippen MR) is 50.6 cm³/mol. The van der Waals surface area contributed by atoms with Crippen molar-refractivity contribution in [1.82, 2.24) is 15.0 Å². The minimum absolute atomic E-state index is 0.0807. The topological polar surface area (TPSA) is 73.8 Å². The molecule has 2 rings (SSSR count). The Balaban J connectivity index is 2.07. The zero-order valence-corrected chi connectivity index (χ0v) is 8.18. The van der Waals surface area contributed by atoms with E-state index in [0.29, 0.717) is 11.6 Å². The number of aromatic nitrogens is 3. The molecule has 14 heavy (non-hydrogen) atoms. The van der Waals surface area contributed by atoms with Crippen molar-refractivity contribution in [1.29, 1.82) is 0 Å². The highest BCUT2D eigenvalue weighted by Crippen LogP contribution is 2.29. The molecule has 0 amide bonds. The Hall–Kier alpha value is -1.23. The van der Waals surface area contributed by atoms with E-state index in [1.807, 2.05) is 0 Å². The molecule has 5 nitrogen and oxygen atoms in total. The maximum atomic E-state index is 11.8. The molecule has 5 heteroatoms. The minimum atomic E-state index is -0.388. The molecule has 1 aliphatic carbocycles. The van der Waals surface area contributed by atoms with E-state index in [0.717, 1.165) is 12.8 Å². The molecule has 1 fully saturated rings. The normalized spacial score (nSPS) is 19.0. The molecule has 0 aromatic carbocycles. The molecular weight excluding hydrogens is 180 g/mol. The predicted octanol–water partition coefficient (Wildman–Crippen LogP) is 0.125. The fourth-order valence-corrected chi connectivity index (χ4v) is 1.64. The highest BCUT2D eigenvalue weighted by molar-refractivity contribution is 5.98. The number of nitrogens with two attached hydrogens (primary N) is 1. The van der Waals surface area contributed by atoms with E-state index in [-0.39, 0.29) is 11.8 Å². The first-order valence-corrected chi connectivity index (χ1v) is 4.84. The van der Waals surface area contributed by atoms with Crippen LogP contribution in [0.4, 0.5) is 0 Å². The standard InChI is InChI=1S/C9H14N4O/c1-13-11-5-7(12-13)9(14)8(10)6-3-2-4-6/h5-6,8H,2-4,10H2,1H3. The van der Waals surface area contributed by atoms with Gasteiger partial charge in [-0.25, -0.2) is 0 Å². The van der Waals surface area contributed by atoms with Crippen molar-refractivity contribution >= 4 is 5.78 Å². The van der Waals surface area contributed by atoms with Gasteiger partial charge in [0.25, 0.3) is 0 Å². The van der Waals surface area contributed by atoms with Crippen LogP contribution in [0.2, 0.25) is 0 Å². The SMILES string of the molecule is Cn1ncc(C(=O)C(N)C2CCC2)n1. The van der Waals surface area contributed by atoms with Crippen LogP contribution >= 0.6 is 0 Å². The monoisotopic (exact) mass is 194 g/mol. The van der Waals surface area contributed by atoms with Crippen molar-refractivity contribution in [2.45, 2.75) is 25.3 Å². The lowest BCUT2D eigenvalue weighted by atomic mass is 9.78. The van der Waals surface area contributed by atoms with Gasteiger partial charge in [0.15, 0.2) is 0 Å². The Kier molecular flexibility index (Phi) is 2.33. The van der Waals surface area contributed by atoms with Crippen molar-refractivity contribution in [3.05, 3.63) is 11.9 Å². The highest BCUT2D eigenvalue weighted by Gasteiger charge is 2.31. The Morgan fingerprint density at radius 3 is 2.86 bits per heavy atom. The number of hydrogen-bond donors (Lipinski definition) is 1. The van der Waals surface area contributed by atoms with Crippen LogP contribution in [-0.2, 0) is 7.05 Å². The van der Waals surface area contributed by atoms with E-state index in [2.05, 4.69) is 10.2 Å². The molecule has 1 aromatic heterocycles. The Morgan fingerprint density at radius 1 is 1.71 bits per heavy atom. The molecule has 1 aromatic rings. The molecule has 1 heterocycles. The van der Waals surface area contributed by atoms with E-state index >= 15 is 0 Å². The van der Waals surface area contributed by atoms with Gasteiger partial charge in [-0.15, -0.1) is 0 Å². The maximum absolute atomic E-state index is 11.8. The fraction of sp³-hybridized carbons (Fsp3) is 0.667. The van der Waals surface area contributed by atoms with E-state index in [1.165, 1.54) is 17.4 Å². The first kappa shape index (κ1) is 9.33. The summed E-state index contributed by atoms with van der Waals surface area (Å²) in [6.07, 6.45) is 4.79. The van der Waals surface area contributed by atoms with Gasteiger partial charge in [-0.3, -0.25) is 4.79 Å². The Labute approximate surface area is 82.3 Å². The summed E-state index contributed by atoms with van der Waals surface area (Å²) in [5.74, 6) is 0.271. The molecule has 76 valence electrons. The van der Waals surface area contributed by atoms with Crippen LogP contribution in [0, 0.1) is 5.92 Å². The van der Waals surface area contributed by atoms with E-state index in [4.69, 9.17) is 5.73 Å². The van der Waals surface area contributed by atoms with Gasteiger partial charge in [-0.1, -0.05) is 6.42 Å². The Bertz CT molecular complexity index is 342. The lowest BCUT2D eigenvalue weighted by Crippen LogP contribution is -2.41. The van der Waals surface area contributed by atoms with Crippen molar-refractivity contribution in [2.24, 2.45) is 18.7 Å². The van der Waals surface area contributed by atoms with Gasteiger partial charge in [-0.05, 0) is 18.8 Å². The summed E-state index contributed by atoms with van der Waals surface area (Å²) in [5, 5.41) is 7.80. The number of nitrogens with zero attached hydrogens (tertiary/aromatic N) is 3. The number of aryl methyl sites for hydroxylation is 1. The summed E-state index contributed by atoms with van der Waals surface area (Å²) in [5.41, 5.74) is 6.22. The third-order valence-corrected chi connectivity index (χ3v) is 2.81. The lowest BCUT2D eigenvalue weighted by molar-refractivity contribution is 0.0891. The third-order valence-electron chi connectivity index (χ3n) is 2.81. The maximum Gasteiger partial charge on any atom is 0.201 e. The zero-order chi connectivity index (χ0) is 10.1. The average molecular weight is 194 g/mol. The quantitative estimate of drug-likeness (QED) is 0.694. The molecule has 0 aliphatic heterocycles. The van der Waals surface area contributed by atoms with Gasteiger partial charge in [0.2, 0.25) is 5.78 Å². The van der Waals surface area contributed by atoms with Crippen LogP contribution < -0.4 is 5.73 Å². The van der Waals surface area contributed by atoms with Gasteiger partial charge < -0.3 is 5.73 Å². The molecule has 1 unspecified atom stereocenters. The van der Waals surface area contributed by atoms with E-state index in [1.54, 1.807) is 7.05 Å². The summed E-state index contributed by atoms with van der Waals surface area (Å²) in [6, 6.07) is -0.388. The van der Waals surface area contributed by atoms with Gasteiger partial charge in [-0.2, -0.15) is 15.0 Å². The van der Waals surface area contributed by atoms with Crippen LogP contribution in [0.1, 0.15) is 29.8 Å². The smallest absolute Gasteiger partial charge is 0.201 e. The van der Waals surface area contributed by atoms with Crippen LogP contribution in [-0.4, -0.2) is 26.8 Å². The number of hydrogen-bond acceptors (Lipinski definition) is 4. The summed E-state index contributed by atoms with van der Waals surface area (Å²) >= 11 is 0. The molecule has 0 spiro atoms. The fourth-order valence-electron chi connectivity index (χ4n) is 1.64. The molecular formula is C9H14N4O. The van der Waals surface area contributed by atoms with Crippen LogP contribution in [0.5, 0.6) is 0 Å². The number of rotatable bonds is 3. The van der Waals surface area contributed by atoms with E-state index < -0.39 is 0 Å². The third kappa shape index (κ3) is 1.55. The number of Topliss-reactive ketones (excluding diaryl/α,β-unsaturated/α-hetero) is 1. The minimum Gasteiger partial charge on any atom is -0.321 e. The number of carbonyl (C=O) groups is 1. The Morgan fingerprint density at radius 2 is 2.43 bits per heavy atom. The second-order valence-corrected chi connectivity index (χ2v) is 3.80. The van der Waals surface area contributed by atoms with Crippen molar-refractivity contribution in [3.63, 3.8) is 0 Å². The van der Waals surface area contributed by atoms with Gasteiger partial charge >= 0.3 is 0 Å². The summed E-state index contributed by atoms with van der Waals surface area (Å²) in [6.45, 7) is 0.